The van der Waals surface area contributed by atoms with E-state index in [-0.39, 0.29) is 0 Å². The molecule has 1 atom stereocenters. The summed E-state index contributed by atoms with van der Waals surface area (Å²) in [7, 11) is 0. The first-order valence-corrected chi connectivity index (χ1v) is 7.66. The standard InChI is InChI=1S/C17H23N3/c1-14(15-7-3-2-4-8-15)13-19-17-18-11-12-20(17)16-9-5-6-10-16/h2-4,7-8,11-12,14,16H,5-6,9-10,13H2,1H3,(H,18,19). The molecule has 1 unspecified atom stereocenters. The summed E-state index contributed by atoms with van der Waals surface area (Å²) in [5.74, 6) is 1.52. The minimum Gasteiger partial charge on any atom is -0.355 e. The molecule has 1 aliphatic rings. The van der Waals surface area contributed by atoms with Gasteiger partial charge in [-0.2, -0.15) is 0 Å². The summed E-state index contributed by atoms with van der Waals surface area (Å²) in [5, 5.41) is 3.52. The maximum absolute atomic E-state index is 4.48. The summed E-state index contributed by atoms with van der Waals surface area (Å²) in [4.78, 5) is 4.48. The zero-order valence-corrected chi connectivity index (χ0v) is 12.1. The number of nitrogens with one attached hydrogen (secondary N) is 1. The van der Waals surface area contributed by atoms with Crippen LogP contribution < -0.4 is 5.32 Å². The molecular formula is C17H23N3. The zero-order chi connectivity index (χ0) is 13.8. The van der Waals surface area contributed by atoms with Crippen LogP contribution in [0.3, 0.4) is 0 Å². The lowest BCUT2D eigenvalue weighted by atomic mass is 10.0. The Balaban J connectivity index is 1.62. The van der Waals surface area contributed by atoms with Crippen molar-refractivity contribution in [3.05, 3.63) is 48.3 Å². The molecule has 2 aromatic rings. The van der Waals surface area contributed by atoms with Crippen molar-refractivity contribution in [3.63, 3.8) is 0 Å². The highest BCUT2D eigenvalue weighted by Crippen LogP contribution is 2.31. The molecule has 0 aliphatic heterocycles. The number of imidazole rings is 1. The largest absolute Gasteiger partial charge is 0.355 e. The van der Waals surface area contributed by atoms with Gasteiger partial charge in [0, 0.05) is 25.0 Å². The first kappa shape index (κ1) is 13.2. The second-order valence-corrected chi connectivity index (χ2v) is 5.79. The first-order chi connectivity index (χ1) is 9.84. The van der Waals surface area contributed by atoms with Crippen LogP contribution in [-0.4, -0.2) is 16.1 Å². The normalized spacial score (nSPS) is 17.2. The molecule has 0 radical (unpaired) electrons. The van der Waals surface area contributed by atoms with Crippen molar-refractivity contribution in [2.24, 2.45) is 0 Å². The van der Waals surface area contributed by atoms with Crippen LogP contribution in [0, 0.1) is 0 Å². The Bertz CT molecular complexity index is 526. The Hall–Kier alpha value is -1.77. The Morgan fingerprint density at radius 3 is 2.75 bits per heavy atom. The molecule has 3 heteroatoms. The van der Waals surface area contributed by atoms with Gasteiger partial charge in [0.05, 0.1) is 0 Å². The number of nitrogens with zero attached hydrogens (tertiary/aromatic N) is 2. The Labute approximate surface area is 121 Å². The molecule has 0 amide bonds. The molecule has 1 fully saturated rings. The van der Waals surface area contributed by atoms with Gasteiger partial charge in [-0.1, -0.05) is 50.1 Å². The molecule has 3 rings (SSSR count). The summed E-state index contributed by atoms with van der Waals surface area (Å²) in [5.41, 5.74) is 1.37. The van der Waals surface area contributed by atoms with Crippen LogP contribution in [0.5, 0.6) is 0 Å². The smallest absolute Gasteiger partial charge is 0.203 e. The lowest BCUT2D eigenvalue weighted by Crippen LogP contribution is -2.15. The third-order valence-corrected chi connectivity index (χ3v) is 4.32. The molecule has 3 nitrogen and oxygen atoms in total. The predicted octanol–water partition coefficient (Wildman–Crippen LogP) is 4.21. The molecule has 0 spiro atoms. The molecule has 0 bridgehead atoms. The average molecular weight is 269 g/mol. The van der Waals surface area contributed by atoms with Crippen LogP contribution in [0.2, 0.25) is 0 Å². The molecule has 1 N–H and O–H groups in total. The molecular weight excluding hydrogens is 246 g/mol. The molecule has 0 saturated heterocycles. The second kappa shape index (κ2) is 6.12. The highest BCUT2D eigenvalue weighted by Gasteiger charge is 2.19. The third-order valence-electron chi connectivity index (χ3n) is 4.32. The van der Waals surface area contributed by atoms with Crippen molar-refractivity contribution >= 4 is 5.95 Å². The minimum absolute atomic E-state index is 0.491. The zero-order valence-electron chi connectivity index (χ0n) is 12.1. The van der Waals surface area contributed by atoms with Gasteiger partial charge in [-0.05, 0) is 24.3 Å². The SMILES string of the molecule is CC(CNc1nccn1C1CCCC1)c1ccccc1. The van der Waals surface area contributed by atoms with Crippen molar-refractivity contribution in [1.29, 1.82) is 0 Å². The predicted molar refractivity (Wildman–Crippen MR) is 83.1 cm³/mol. The fourth-order valence-electron chi connectivity index (χ4n) is 3.07. The van der Waals surface area contributed by atoms with Crippen molar-refractivity contribution < 1.29 is 0 Å². The van der Waals surface area contributed by atoms with Gasteiger partial charge in [0.25, 0.3) is 0 Å². The van der Waals surface area contributed by atoms with Gasteiger partial charge in [-0.25, -0.2) is 4.98 Å². The van der Waals surface area contributed by atoms with Gasteiger partial charge in [-0.15, -0.1) is 0 Å². The van der Waals surface area contributed by atoms with E-state index in [1.807, 2.05) is 6.20 Å². The van der Waals surface area contributed by atoms with Crippen LogP contribution in [0.1, 0.15) is 50.1 Å². The highest BCUT2D eigenvalue weighted by molar-refractivity contribution is 5.29. The Morgan fingerprint density at radius 2 is 2.00 bits per heavy atom. The third kappa shape index (κ3) is 2.87. The van der Waals surface area contributed by atoms with E-state index < -0.39 is 0 Å². The van der Waals surface area contributed by atoms with E-state index in [0.29, 0.717) is 12.0 Å². The van der Waals surface area contributed by atoms with E-state index >= 15 is 0 Å². The van der Waals surface area contributed by atoms with E-state index in [1.165, 1.54) is 31.2 Å². The van der Waals surface area contributed by atoms with E-state index in [1.54, 1.807) is 0 Å². The quantitative estimate of drug-likeness (QED) is 0.881. The summed E-state index contributed by atoms with van der Waals surface area (Å²) in [6.07, 6.45) is 9.31. The van der Waals surface area contributed by atoms with Gasteiger partial charge < -0.3 is 9.88 Å². The number of aromatic nitrogens is 2. The van der Waals surface area contributed by atoms with Gasteiger partial charge in [0.15, 0.2) is 0 Å². The van der Waals surface area contributed by atoms with Crippen molar-refractivity contribution in [2.45, 2.75) is 44.6 Å². The Kier molecular flexibility index (Phi) is 4.05. The molecule has 1 saturated carbocycles. The average Bonchev–Trinajstić information content (AvgIpc) is 3.16. The van der Waals surface area contributed by atoms with Crippen molar-refractivity contribution in [1.82, 2.24) is 9.55 Å². The van der Waals surface area contributed by atoms with Crippen LogP contribution >= 0.6 is 0 Å². The molecule has 1 aromatic heterocycles. The second-order valence-electron chi connectivity index (χ2n) is 5.79. The number of hydrogen-bond acceptors (Lipinski definition) is 2. The summed E-state index contributed by atoms with van der Waals surface area (Å²) in [6.45, 7) is 3.18. The number of benzene rings is 1. The van der Waals surface area contributed by atoms with Crippen molar-refractivity contribution in [3.8, 4) is 0 Å². The van der Waals surface area contributed by atoms with E-state index in [0.717, 1.165) is 12.5 Å². The lowest BCUT2D eigenvalue weighted by molar-refractivity contribution is 0.522. The lowest BCUT2D eigenvalue weighted by Gasteiger charge is -2.18. The molecule has 20 heavy (non-hydrogen) atoms. The minimum atomic E-state index is 0.491. The van der Waals surface area contributed by atoms with Crippen LogP contribution in [0.15, 0.2) is 42.7 Å². The summed E-state index contributed by atoms with van der Waals surface area (Å²) in [6, 6.07) is 11.3. The Morgan fingerprint density at radius 1 is 1.25 bits per heavy atom. The van der Waals surface area contributed by atoms with E-state index in [4.69, 9.17) is 0 Å². The first-order valence-electron chi connectivity index (χ1n) is 7.66. The van der Waals surface area contributed by atoms with Crippen LogP contribution in [0.4, 0.5) is 5.95 Å². The fourth-order valence-corrected chi connectivity index (χ4v) is 3.07. The van der Waals surface area contributed by atoms with Gasteiger partial charge in [0.1, 0.15) is 0 Å². The van der Waals surface area contributed by atoms with Gasteiger partial charge in [-0.3, -0.25) is 0 Å². The summed E-state index contributed by atoms with van der Waals surface area (Å²) >= 11 is 0. The monoisotopic (exact) mass is 269 g/mol. The number of anilines is 1. The van der Waals surface area contributed by atoms with E-state index in [9.17, 15) is 0 Å². The van der Waals surface area contributed by atoms with Gasteiger partial charge >= 0.3 is 0 Å². The van der Waals surface area contributed by atoms with Crippen molar-refractivity contribution in [2.75, 3.05) is 11.9 Å². The highest BCUT2D eigenvalue weighted by atomic mass is 15.2. The fraction of sp³-hybridized carbons (Fsp3) is 0.471. The van der Waals surface area contributed by atoms with Crippen LogP contribution in [-0.2, 0) is 0 Å². The molecule has 1 heterocycles. The number of hydrogen-bond donors (Lipinski definition) is 1. The summed E-state index contributed by atoms with van der Waals surface area (Å²) < 4.78 is 2.32. The van der Waals surface area contributed by atoms with E-state index in [2.05, 4.69) is 58.3 Å². The maximum Gasteiger partial charge on any atom is 0.203 e. The van der Waals surface area contributed by atoms with Gasteiger partial charge in [0.2, 0.25) is 5.95 Å². The topological polar surface area (TPSA) is 29.9 Å². The molecule has 106 valence electrons. The maximum atomic E-state index is 4.48. The van der Waals surface area contributed by atoms with Crippen LogP contribution in [0.25, 0.3) is 0 Å². The number of rotatable bonds is 5. The molecule has 1 aliphatic carbocycles. The molecule has 1 aromatic carbocycles.